The molecule has 7 nitrogen and oxygen atoms in total. The van der Waals surface area contributed by atoms with E-state index in [-0.39, 0.29) is 11.5 Å². The lowest BCUT2D eigenvalue weighted by Gasteiger charge is -2.10. The Morgan fingerprint density at radius 3 is 2.89 bits per heavy atom. The molecule has 4 heterocycles. The number of thiophene rings is 1. The van der Waals surface area contributed by atoms with Gasteiger partial charge in [-0.25, -0.2) is 28.7 Å². The van der Waals surface area contributed by atoms with Crippen LogP contribution in [0.2, 0.25) is 0 Å². The molecular formula is C25H19F2N5O2S. The van der Waals surface area contributed by atoms with E-state index in [4.69, 9.17) is 20.2 Å². The van der Waals surface area contributed by atoms with Crippen LogP contribution < -0.4 is 15.2 Å². The van der Waals surface area contributed by atoms with Crippen LogP contribution in [-0.2, 0) is 6.42 Å². The molecule has 10 heteroatoms. The molecule has 0 atom stereocenters. The van der Waals surface area contributed by atoms with Crippen LogP contribution in [-0.4, -0.2) is 35.9 Å². The molecule has 0 amide bonds. The molecule has 176 valence electrons. The van der Waals surface area contributed by atoms with E-state index in [0.717, 1.165) is 34.5 Å². The largest absolute Gasteiger partial charge is 0.491 e. The summed E-state index contributed by atoms with van der Waals surface area (Å²) in [6.45, 7) is 0.465. The second-order valence-corrected chi connectivity index (χ2v) is 8.53. The predicted molar refractivity (Wildman–Crippen MR) is 132 cm³/mol. The molecule has 35 heavy (non-hydrogen) atoms. The van der Waals surface area contributed by atoms with Gasteiger partial charge in [-0.2, -0.15) is 0 Å². The fourth-order valence-corrected chi connectivity index (χ4v) is 4.87. The van der Waals surface area contributed by atoms with Crippen LogP contribution in [0, 0.1) is 11.6 Å². The van der Waals surface area contributed by atoms with Crippen molar-refractivity contribution in [2.24, 2.45) is 15.7 Å². The van der Waals surface area contributed by atoms with Crippen LogP contribution in [0.15, 0.2) is 64.7 Å². The van der Waals surface area contributed by atoms with Crippen molar-refractivity contribution in [3.05, 3.63) is 76.8 Å². The van der Waals surface area contributed by atoms with Crippen LogP contribution in [0.25, 0.3) is 21.8 Å². The molecule has 2 N–H and O–H groups in total. The van der Waals surface area contributed by atoms with Crippen molar-refractivity contribution >= 4 is 29.2 Å². The van der Waals surface area contributed by atoms with E-state index >= 15 is 0 Å². The molecule has 0 saturated carbocycles. The molecule has 1 aromatic carbocycles. The Morgan fingerprint density at radius 1 is 1.20 bits per heavy atom. The summed E-state index contributed by atoms with van der Waals surface area (Å²) < 4.78 is 38.9. The summed E-state index contributed by atoms with van der Waals surface area (Å²) in [6, 6.07) is 12.5. The van der Waals surface area contributed by atoms with E-state index in [1.807, 2.05) is 30.3 Å². The molecule has 0 radical (unpaired) electrons. The second-order valence-electron chi connectivity index (χ2n) is 7.48. The van der Waals surface area contributed by atoms with E-state index < -0.39 is 11.6 Å². The SMILES string of the molecule is COc1ncccc1-c1ccc2c(n1)-c1sc(C(N=CN)=Nc3ccc(F)cc3F)cc1CCO2. The molecule has 1 aliphatic rings. The van der Waals surface area contributed by atoms with Crippen LogP contribution in [0.1, 0.15) is 10.4 Å². The summed E-state index contributed by atoms with van der Waals surface area (Å²) in [4.78, 5) is 19.1. The molecule has 5 rings (SSSR count). The highest BCUT2D eigenvalue weighted by Gasteiger charge is 2.23. The topological polar surface area (TPSA) is 95.0 Å². The van der Waals surface area contributed by atoms with E-state index in [1.54, 1.807) is 13.3 Å². The minimum atomic E-state index is -0.789. The Bertz CT molecular complexity index is 1470. The lowest BCUT2D eigenvalue weighted by atomic mass is 10.1. The number of ether oxygens (including phenoxy) is 2. The van der Waals surface area contributed by atoms with Gasteiger partial charge in [-0.15, -0.1) is 11.3 Å². The zero-order valence-electron chi connectivity index (χ0n) is 18.5. The fraction of sp³-hybridized carbons (Fsp3) is 0.120. The quantitative estimate of drug-likeness (QED) is 0.314. The van der Waals surface area contributed by atoms with Crippen LogP contribution in [0.5, 0.6) is 11.6 Å². The number of nitrogens with zero attached hydrogens (tertiary/aromatic N) is 4. The fourth-order valence-electron chi connectivity index (χ4n) is 3.72. The third-order valence-corrected chi connectivity index (χ3v) is 6.49. The number of amidine groups is 1. The van der Waals surface area contributed by atoms with E-state index in [2.05, 4.69) is 15.0 Å². The highest BCUT2D eigenvalue weighted by Crippen LogP contribution is 2.41. The Kier molecular flexibility index (Phi) is 6.19. The summed E-state index contributed by atoms with van der Waals surface area (Å²) in [7, 11) is 1.56. The number of rotatable bonds is 4. The highest BCUT2D eigenvalue weighted by molar-refractivity contribution is 7.17. The summed E-state index contributed by atoms with van der Waals surface area (Å²) in [5.41, 5.74) is 8.60. The molecule has 3 aromatic heterocycles. The van der Waals surface area contributed by atoms with E-state index in [1.165, 1.54) is 17.4 Å². The van der Waals surface area contributed by atoms with Gasteiger partial charge in [0.2, 0.25) is 5.88 Å². The van der Waals surface area contributed by atoms with Gasteiger partial charge >= 0.3 is 0 Å². The van der Waals surface area contributed by atoms with Crippen molar-refractivity contribution in [1.82, 2.24) is 9.97 Å². The average molecular weight is 492 g/mol. The van der Waals surface area contributed by atoms with Gasteiger partial charge in [-0.05, 0) is 48.0 Å². The smallest absolute Gasteiger partial charge is 0.222 e. The maximum atomic E-state index is 14.2. The molecular weight excluding hydrogens is 472 g/mol. The summed E-state index contributed by atoms with van der Waals surface area (Å²) >= 11 is 1.40. The number of pyridine rings is 2. The number of hydrogen-bond acceptors (Lipinski definition) is 6. The Balaban J connectivity index is 1.62. The van der Waals surface area contributed by atoms with Gasteiger partial charge in [0, 0.05) is 18.7 Å². The third-order valence-electron chi connectivity index (χ3n) is 5.31. The zero-order valence-corrected chi connectivity index (χ0v) is 19.4. The minimum absolute atomic E-state index is 0.0385. The number of fused-ring (bicyclic) bond motifs is 3. The first-order valence-corrected chi connectivity index (χ1v) is 11.4. The molecule has 0 unspecified atom stereocenters. The van der Waals surface area contributed by atoms with Crippen molar-refractivity contribution < 1.29 is 18.3 Å². The number of benzene rings is 1. The number of aromatic nitrogens is 2. The second kappa shape index (κ2) is 9.59. The molecule has 0 fully saturated rings. The Labute approximate surface area is 203 Å². The maximum Gasteiger partial charge on any atom is 0.222 e. The standard InChI is InChI=1S/C25H19F2N5O2S/c1-33-25-16(3-2-9-29-25)18-6-7-20-22(31-18)23-14(8-10-34-20)11-21(35-23)24(30-13-28)32-19-5-4-15(26)12-17(19)27/h2-7,9,11-13H,8,10H2,1H3,(H2,28,30,32). The van der Waals surface area contributed by atoms with Gasteiger partial charge in [0.15, 0.2) is 11.7 Å². The molecule has 0 saturated heterocycles. The zero-order chi connectivity index (χ0) is 24.4. The van der Waals surface area contributed by atoms with Gasteiger partial charge in [0.1, 0.15) is 22.9 Å². The molecule has 1 aliphatic heterocycles. The summed E-state index contributed by atoms with van der Waals surface area (Å²) in [5.74, 6) is -0.146. The molecule has 0 bridgehead atoms. The van der Waals surface area contributed by atoms with Crippen molar-refractivity contribution in [1.29, 1.82) is 0 Å². The third kappa shape index (κ3) is 4.47. The Hall–Kier alpha value is -4.18. The molecule has 0 spiro atoms. The van der Waals surface area contributed by atoms with Gasteiger partial charge in [0.25, 0.3) is 0 Å². The monoisotopic (exact) mass is 491 g/mol. The minimum Gasteiger partial charge on any atom is -0.491 e. The first kappa shape index (κ1) is 22.6. The van der Waals surface area contributed by atoms with Crippen molar-refractivity contribution in [2.45, 2.75) is 6.42 Å². The normalized spacial score (nSPS) is 13.2. The lowest BCUT2D eigenvalue weighted by Crippen LogP contribution is -2.01. The first-order chi connectivity index (χ1) is 17.1. The average Bonchev–Trinajstić information content (AvgIpc) is 3.21. The lowest BCUT2D eigenvalue weighted by molar-refractivity contribution is 0.325. The van der Waals surface area contributed by atoms with Crippen molar-refractivity contribution in [2.75, 3.05) is 13.7 Å². The van der Waals surface area contributed by atoms with Gasteiger partial charge in [-0.3, -0.25) is 0 Å². The van der Waals surface area contributed by atoms with Gasteiger partial charge < -0.3 is 15.2 Å². The van der Waals surface area contributed by atoms with Crippen molar-refractivity contribution in [3.8, 4) is 33.5 Å². The summed E-state index contributed by atoms with van der Waals surface area (Å²) in [5, 5.41) is 0. The van der Waals surface area contributed by atoms with E-state index in [0.29, 0.717) is 40.9 Å². The van der Waals surface area contributed by atoms with Crippen molar-refractivity contribution in [3.63, 3.8) is 0 Å². The van der Waals surface area contributed by atoms with Gasteiger partial charge in [-0.1, -0.05) is 0 Å². The highest BCUT2D eigenvalue weighted by atomic mass is 32.1. The molecule has 0 aliphatic carbocycles. The van der Waals surface area contributed by atoms with Crippen LogP contribution in [0.3, 0.4) is 0 Å². The number of hydrogen-bond donors (Lipinski definition) is 1. The number of aliphatic imine (C=N–C) groups is 2. The predicted octanol–water partition coefficient (Wildman–Crippen LogP) is 5.16. The molecule has 4 aromatic rings. The maximum absolute atomic E-state index is 14.2. The number of methoxy groups -OCH3 is 1. The Morgan fingerprint density at radius 2 is 2.09 bits per heavy atom. The number of halogens is 2. The first-order valence-electron chi connectivity index (χ1n) is 10.6. The number of nitrogens with two attached hydrogens (primary N) is 1. The van der Waals surface area contributed by atoms with Gasteiger partial charge in [0.05, 0.1) is 41.1 Å². The van der Waals surface area contributed by atoms with E-state index in [9.17, 15) is 8.78 Å². The summed E-state index contributed by atoms with van der Waals surface area (Å²) in [6.07, 6.45) is 3.38. The van der Waals surface area contributed by atoms with Crippen LogP contribution >= 0.6 is 11.3 Å². The van der Waals surface area contributed by atoms with Crippen LogP contribution in [0.4, 0.5) is 14.5 Å².